The molecule has 20 heavy (non-hydrogen) atoms. The van der Waals surface area contributed by atoms with Gasteiger partial charge in [0.2, 0.25) is 5.91 Å². The van der Waals surface area contributed by atoms with Crippen molar-refractivity contribution in [2.45, 2.75) is 18.9 Å². The Morgan fingerprint density at radius 1 is 1.45 bits per heavy atom. The van der Waals surface area contributed by atoms with Crippen molar-refractivity contribution in [2.75, 3.05) is 19.3 Å². The average Bonchev–Trinajstić information content (AvgIpc) is 2.40. The molecule has 0 bridgehead atoms. The second-order valence-electron chi connectivity index (χ2n) is 4.81. The molecule has 2 amide bonds. The molecule has 1 aliphatic heterocycles. The van der Waals surface area contributed by atoms with Crippen molar-refractivity contribution < 1.29 is 9.59 Å². The van der Waals surface area contributed by atoms with Crippen molar-refractivity contribution in [1.29, 1.82) is 0 Å². The predicted molar refractivity (Wildman–Crippen MR) is 79.0 cm³/mol. The number of nitrogen functional groups attached to an aromatic ring is 1. The van der Waals surface area contributed by atoms with Crippen LogP contribution in [0.2, 0.25) is 10.0 Å². The number of piperidine rings is 1. The van der Waals surface area contributed by atoms with Gasteiger partial charge >= 0.3 is 0 Å². The van der Waals surface area contributed by atoms with Gasteiger partial charge in [-0.25, -0.2) is 0 Å². The van der Waals surface area contributed by atoms with Crippen LogP contribution in [0.5, 0.6) is 0 Å². The lowest BCUT2D eigenvalue weighted by molar-refractivity contribution is -0.132. The molecule has 7 heteroatoms. The van der Waals surface area contributed by atoms with Gasteiger partial charge in [0.25, 0.3) is 5.91 Å². The minimum Gasteiger partial charge on any atom is -0.396 e. The molecule has 0 spiro atoms. The van der Waals surface area contributed by atoms with Gasteiger partial charge in [-0.2, -0.15) is 0 Å². The van der Waals surface area contributed by atoms with Crippen molar-refractivity contribution in [3.8, 4) is 0 Å². The minimum atomic E-state index is -0.314. The van der Waals surface area contributed by atoms with Gasteiger partial charge in [-0.15, -0.1) is 0 Å². The quantitative estimate of drug-likeness (QED) is 0.819. The average molecular weight is 316 g/mol. The maximum Gasteiger partial charge on any atom is 0.253 e. The van der Waals surface area contributed by atoms with Crippen LogP contribution in [0, 0.1) is 0 Å². The predicted octanol–water partition coefficient (Wildman–Crippen LogP) is 1.93. The van der Waals surface area contributed by atoms with E-state index >= 15 is 0 Å². The van der Waals surface area contributed by atoms with E-state index < -0.39 is 0 Å². The highest BCUT2D eigenvalue weighted by Crippen LogP contribution is 2.30. The standard InChI is InChI=1S/C13H15Cl2N3O2/c1-18-6-7(2-5-10(18)19)17-13(20)8-3-4-9(14)12(16)11(8)15/h3-4,7H,2,5-6,16H2,1H3,(H,17,20). The van der Waals surface area contributed by atoms with Crippen molar-refractivity contribution in [2.24, 2.45) is 0 Å². The highest BCUT2D eigenvalue weighted by Gasteiger charge is 2.25. The molecule has 1 aromatic carbocycles. The van der Waals surface area contributed by atoms with Gasteiger partial charge in [0.15, 0.2) is 0 Å². The number of hydrogen-bond acceptors (Lipinski definition) is 3. The Hall–Kier alpha value is -1.46. The molecule has 3 N–H and O–H groups in total. The number of carbonyl (C=O) groups excluding carboxylic acids is 2. The summed E-state index contributed by atoms with van der Waals surface area (Å²) < 4.78 is 0. The van der Waals surface area contributed by atoms with Crippen molar-refractivity contribution in [3.05, 3.63) is 27.7 Å². The molecule has 0 radical (unpaired) electrons. The number of nitrogens with one attached hydrogen (secondary N) is 1. The molecular formula is C13H15Cl2N3O2. The van der Waals surface area contributed by atoms with Gasteiger partial charge in [0.1, 0.15) is 0 Å². The molecular weight excluding hydrogens is 301 g/mol. The molecule has 1 unspecified atom stereocenters. The zero-order chi connectivity index (χ0) is 14.9. The van der Waals surface area contributed by atoms with Gasteiger partial charge < -0.3 is 16.0 Å². The number of halogens is 2. The number of carbonyl (C=O) groups is 2. The van der Waals surface area contributed by atoms with Gasteiger partial charge in [0, 0.05) is 26.1 Å². The fraction of sp³-hybridized carbons (Fsp3) is 0.385. The summed E-state index contributed by atoms with van der Waals surface area (Å²) in [5.74, 6) is -0.226. The first-order chi connectivity index (χ1) is 9.40. The fourth-order valence-electron chi connectivity index (χ4n) is 2.14. The number of anilines is 1. The van der Waals surface area contributed by atoms with E-state index in [0.29, 0.717) is 24.4 Å². The summed E-state index contributed by atoms with van der Waals surface area (Å²) in [7, 11) is 1.72. The van der Waals surface area contributed by atoms with E-state index in [2.05, 4.69) is 5.32 Å². The fourth-order valence-corrected chi connectivity index (χ4v) is 2.59. The third kappa shape index (κ3) is 2.99. The Morgan fingerprint density at radius 3 is 2.80 bits per heavy atom. The number of rotatable bonds is 2. The number of hydrogen-bond donors (Lipinski definition) is 2. The Bertz CT molecular complexity index is 563. The first-order valence-corrected chi connectivity index (χ1v) is 6.94. The van der Waals surface area contributed by atoms with Gasteiger partial charge in [-0.1, -0.05) is 23.2 Å². The highest BCUT2D eigenvalue weighted by molar-refractivity contribution is 6.40. The maximum absolute atomic E-state index is 12.2. The lowest BCUT2D eigenvalue weighted by Gasteiger charge is -2.30. The van der Waals surface area contributed by atoms with Crippen LogP contribution in [-0.4, -0.2) is 36.3 Å². The summed E-state index contributed by atoms with van der Waals surface area (Å²) in [6.07, 6.45) is 1.05. The Morgan fingerprint density at radius 2 is 2.15 bits per heavy atom. The van der Waals surface area contributed by atoms with Crippen LogP contribution in [0.4, 0.5) is 5.69 Å². The van der Waals surface area contributed by atoms with Gasteiger partial charge in [0.05, 0.1) is 21.3 Å². The highest BCUT2D eigenvalue weighted by atomic mass is 35.5. The summed E-state index contributed by atoms with van der Waals surface area (Å²) in [6, 6.07) is 2.99. The number of nitrogens with two attached hydrogens (primary N) is 1. The molecule has 2 rings (SSSR count). The van der Waals surface area contributed by atoms with Crippen LogP contribution in [0.3, 0.4) is 0 Å². The van der Waals surface area contributed by atoms with Crippen molar-refractivity contribution >= 4 is 40.7 Å². The SMILES string of the molecule is CN1CC(NC(=O)c2ccc(Cl)c(N)c2Cl)CCC1=O. The Kier molecular flexibility index (Phi) is 4.40. The topological polar surface area (TPSA) is 75.4 Å². The molecule has 1 aromatic rings. The smallest absolute Gasteiger partial charge is 0.253 e. The molecule has 1 atom stereocenters. The van der Waals surface area contributed by atoms with E-state index in [4.69, 9.17) is 28.9 Å². The first-order valence-electron chi connectivity index (χ1n) is 6.18. The third-order valence-corrected chi connectivity index (χ3v) is 4.07. The lowest BCUT2D eigenvalue weighted by Crippen LogP contribution is -2.48. The molecule has 0 aliphatic carbocycles. The summed E-state index contributed by atoms with van der Waals surface area (Å²) in [4.78, 5) is 25.2. The minimum absolute atomic E-state index is 0.0850. The van der Waals surface area contributed by atoms with E-state index in [0.717, 1.165) is 0 Å². The largest absolute Gasteiger partial charge is 0.396 e. The van der Waals surface area contributed by atoms with Crippen LogP contribution < -0.4 is 11.1 Å². The zero-order valence-electron chi connectivity index (χ0n) is 11.0. The second kappa shape index (κ2) is 5.89. The van der Waals surface area contributed by atoms with Gasteiger partial charge in [-0.05, 0) is 18.6 Å². The number of benzene rings is 1. The number of amides is 2. The molecule has 5 nitrogen and oxygen atoms in total. The van der Waals surface area contributed by atoms with Crippen LogP contribution in [0.25, 0.3) is 0 Å². The monoisotopic (exact) mass is 315 g/mol. The van der Waals surface area contributed by atoms with Crippen LogP contribution in [-0.2, 0) is 4.79 Å². The normalized spacial score (nSPS) is 19.1. The zero-order valence-corrected chi connectivity index (χ0v) is 12.5. The number of likely N-dealkylation sites (N-methyl/N-ethyl adjacent to an activating group) is 1. The molecule has 1 heterocycles. The molecule has 1 fully saturated rings. The maximum atomic E-state index is 12.2. The van der Waals surface area contributed by atoms with E-state index in [1.165, 1.54) is 12.1 Å². The lowest BCUT2D eigenvalue weighted by atomic mass is 10.0. The van der Waals surface area contributed by atoms with Crippen LogP contribution in [0.15, 0.2) is 12.1 Å². The Labute approximate surface area is 127 Å². The van der Waals surface area contributed by atoms with Crippen molar-refractivity contribution in [1.82, 2.24) is 10.2 Å². The third-order valence-electron chi connectivity index (χ3n) is 3.33. The Balaban J connectivity index is 2.09. The van der Waals surface area contributed by atoms with Gasteiger partial charge in [-0.3, -0.25) is 9.59 Å². The van der Waals surface area contributed by atoms with E-state index in [-0.39, 0.29) is 34.1 Å². The number of likely N-dealkylation sites (tertiary alicyclic amines) is 1. The molecule has 0 saturated carbocycles. The second-order valence-corrected chi connectivity index (χ2v) is 5.59. The number of nitrogens with zero attached hydrogens (tertiary/aromatic N) is 1. The van der Waals surface area contributed by atoms with E-state index in [1.807, 2.05) is 0 Å². The van der Waals surface area contributed by atoms with E-state index in [9.17, 15) is 9.59 Å². The van der Waals surface area contributed by atoms with Crippen molar-refractivity contribution in [3.63, 3.8) is 0 Å². The molecule has 108 valence electrons. The van der Waals surface area contributed by atoms with Crippen LogP contribution >= 0.6 is 23.2 Å². The summed E-state index contributed by atoms with van der Waals surface area (Å²) in [5.41, 5.74) is 6.17. The molecule has 0 aromatic heterocycles. The molecule has 1 aliphatic rings. The van der Waals surface area contributed by atoms with E-state index in [1.54, 1.807) is 11.9 Å². The summed E-state index contributed by atoms with van der Waals surface area (Å²) >= 11 is 11.9. The summed E-state index contributed by atoms with van der Waals surface area (Å²) in [6.45, 7) is 0.491. The summed E-state index contributed by atoms with van der Waals surface area (Å²) in [5, 5.41) is 3.32. The van der Waals surface area contributed by atoms with Crippen LogP contribution in [0.1, 0.15) is 23.2 Å². The first kappa shape index (κ1) is 14.9. The molecule has 1 saturated heterocycles.